The Balaban J connectivity index is 3.98. The summed E-state index contributed by atoms with van der Waals surface area (Å²) in [6.07, 6.45) is 0.733. The van der Waals surface area contributed by atoms with Crippen LogP contribution in [0.4, 0.5) is 0 Å². The monoisotopic (exact) mass is 322 g/mol. The van der Waals surface area contributed by atoms with Crippen molar-refractivity contribution in [3.05, 3.63) is 0 Å². The van der Waals surface area contributed by atoms with Gasteiger partial charge >= 0.3 is 8.80 Å². The van der Waals surface area contributed by atoms with Crippen molar-refractivity contribution in [2.45, 2.75) is 33.2 Å². The number of amides is 1. The molecule has 0 aliphatic rings. The first-order valence-electron chi connectivity index (χ1n) is 7.60. The van der Waals surface area contributed by atoms with Gasteiger partial charge < -0.3 is 29.1 Å². The second kappa shape index (κ2) is 13.2. The minimum atomic E-state index is -2.59. The van der Waals surface area contributed by atoms with Crippen LogP contribution in [0.5, 0.6) is 0 Å². The number of rotatable bonds is 14. The van der Waals surface area contributed by atoms with E-state index in [9.17, 15) is 4.79 Å². The number of hydrogen-bond donors (Lipinski definition) is 2. The maximum Gasteiger partial charge on any atom is 0.501 e. The van der Waals surface area contributed by atoms with Gasteiger partial charge in [-0.15, -0.1) is 0 Å². The fourth-order valence-corrected chi connectivity index (χ4v) is 4.40. The largest absolute Gasteiger partial charge is 0.501 e. The van der Waals surface area contributed by atoms with E-state index in [1.54, 1.807) is 0 Å². The summed E-state index contributed by atoms with van der Waals surface area (Å²) in [4.78, 5) is 11.3. The van der Waals surface area contributed by atoms with E-state index in [-0.39, 0.29) is 12.5 Å². The van der Waals surface area contributed by atoms with Crippen LogP contribution >= 0.6 is 0 Å². The lowest BCUT2D eigenvalue weighted by Gasteiger charge is -2.28. The first kappa shape index (κ1) is 20.5. The first-order chi connectivity index (χ1) is 10.1. The van der Waals surface area contributed by atoms with E-state index < -0.39 is 8.80 Å². The molecule has 0 aromatic heterocycles. The number of carbonyl (C=O) groups is 1. The molecule has 8 heteroatoms. The Morgan fingerprint density at radius 2 is 1.67 bits per heavy atom. The van der Waals surface area contributed by atoms with E-state index in [4.69, 9.17) is 23.7 Å². The van der Waals surface area contributed by atoms with Crippen molar-refractivity contribution >= 4 is 14.7 Å². The Morgan fingerprint density at radius 1 is 1.10 bits per heavy atom. The van der Waals surface area contributed by atoms with E-state index in [2.05, 4.69) is 5.32 Å². The lowest BCUT2D eigenvalue weighted by molar-refractivity contribution is -0.125. The molecule has 1 amide bonds. The summed E-state index contributed by atoms with van der Waals surface area (Å²) in [7, 11) is -2.59. The predicted molar refractivity (Wildman–Crippen MR) is 82.9 cm³/mol. The Hall–Kier alpha value is -0.513. The zero-order chi connectivity index (χ0) is 16.0. The quantitative estimate of drug-likeness (QED) is 0.358. The third kappa shape index (κ3) is 9.94. The maximum absolute atomic E-state index is 11.3. The van der Waals surface area contributed by atoms with Crippen LogP contribution in [0.25, 0.3) is 0 Å². The Morgan fingerprint density at radius 3 is 2.14 bits per heavy atom. The van der Waals surface area contributed by atoms with Gasteiger partial charge in [-0.2, -0.15) is 0 Å². The Labute approximate surface area is 128 Å². The van der Waals surface area contributed by atoms with Crippen LogP contribution in [0.2, 0.25) is 6.04 Å². The van der Waals surface area contributed by atoms with E-state index in [1.165, 1.54) is 0 Å². The van der Waals surface area contributed by atoms with Crippen LogP contribution in [0, 0.1) is 0 Å². The topological polar surface area (TPSA) is 92.0 Å². The maximum atomic E-state index is 11.3. The molecule has 0 heterocycles. The molecule has 0 aliphatic heterocycles. The standard InChI is InChI=1S/C13H30N2O5Si/c1-4-18-21(19-5-2,20-6-3)11-7-10-17-12-13(16)15-9-8-14/h4-12,14H2,1-3H3,(H,15,16). The SMILES string of the molecule is CCO[Si](CCCOCC(=O)NCCN)(OCC)OCC. The van der Waals surface area contributed by atoms with Crippen LogP contribution < -0.4 is 11.1 Å². The minimum Gasteiger partial charge on any atom is -0.374 e. The molecule has 126 valence electrons. The lowest BCUT2D eigenvalue weighted by Crippen LogP contribution is -2.46. The molecule has 21 heavy (non-hydrogen) atoms. The minimum absolute atomic E-state index is 0.0481. The molecule has 0 atom stereocenters. The molecule has 0 bridgehead atoms. The highest BCUT2D eigenvalue weighted by Gasteiger charge is 2.39. The van der Waals surface area contributed by atoms with Crippen molar-refractivity contribution in [3.8, 4) is 0 Å². The normalized spacial score (nSPS) is 11.6. The van der Waals surface area contributed by atoms with E-state index in [0.717, 1.165) is 6.42 Å². The highest BCUT2D eigenvalue weighted by atomic mass is 28.4. The van der Waals surface area contributed by atoms with Crippen LogP contribution in [-0.4, -0.2) is 60.8 Å². The third-order valence-electron chi connectivity index (χ3n) is 2.56. The van der Waals surface area contributed by atoms with Gasteiger partial charge in [-0.05, 0) is 27.2 Å². The zero-order valence-electron chi connectivity index (χ0n) is 13.5. The van der Waals surface area contributed by atoms with Crippen LogP contribution in [0.1, 0.15) is 27.2 Å². The average Bonchev–Trinajstić information content (AvgIpc) is 2.45. The van der Waals surface area contributed by atoms with Crippen LogP contribution in [-0.2, 0) is 22.8 Å². The van der Waals surface area contributed by atoms with Crippen LogP contribution in [0.3, 0.4) is 0 Å². The lowest BCUT2D eigenvalue weighted by atomic mass is 10.5. The highest BCUT2D eigenvalue weighted by molar-refractivity contribution is 6.60. The number of nitrogens with one attached hydrogen (secondary N) is 1. The number of hydrogen-bond acceptors (Lipinski definition) is 6. The van der Waals surface area contributed by atoms with Crippen LogP contribution in [0.15, 0.2) is 0 Å². The zero-order valence-corrected chi connectivity index (χ0v) is 14.5. The van der Waals surface area contributed by atoms with Gasteiger partial charge in [0.15, 0.2) is 0 Å². The number of ether oxygens (including phenoxy) is 1. The Bertz CT molecular complexity index is 252. The molecule has 7 nitrogen and oxygen atoms in total. The number of carbonyl (C=O) groups excluding carboxylic acids is 1. The van der Waals surface area contributed by atoms with E-state index in [1.807, 2.05) is 20.8 Å². The van der Waals surface area contributed by atoms with Gasteiger partial charge in [-0.3, -0.25) is 4.79 Å². The number of nitrogens with two attached hydrogens (primary N) is 1. The van der Waals surface area contributed by atoms with Gasteiger partial charge in [-0.1, -0.05) is 0 Å². The molecule has 0 unspecified atom stereocenters. The van der Waals surface area contributed by atoms with Gasteiger partial charge in [-0.25, -0.2) is 0 Å². The van der Waals surface area contributed by atoms with Crippen molar-refractivity contribution < 1.29 is 22.8 Å². The van der Waals surface area contributed by atoms with Crippen molar-refractivity contribution in [1.29, 1.82) is 0 Å². The molecule has 0 aromatic rings. The fraction of sp³-hybridized carbons (Fsp3) is 0.923. The van der Waals surface area contributed by atoms with E-state index in [0.29, 0.717) is 45.6 Å². The summed E-state index contributed by atoms with van der Waals surface area (Å²) in [6, 6.07) is 0.687. The summed E-state index contributed by atoms with van der Waals surface area (Å²) < 4.78 is 22.5. The smallest absolute Gasteiger partial charge is 0.374 e. The second-order valence-electron chi connectivity index (χ2n) is 4.28. The Kier molecular flexibility index (Phi) is 12.8. The van der Waals surface area contributed by atoms with Gasteiger partial charge in [0.2, 0.25) is 5.91 Å². The van der Waals surface area contributed by atoms with Crippen molar-refractivity contribution in [2.75, 3.05) is 46.1 Å². The van der Waals surface area contributed by atoms with Crippen molar-refractivity contribution in [2.24, 2.45) is 5.73 Å². The van der Waals surface area contributed by atoms with E-state index >= 15 is 0 Å². The van der Waals surface area contributed by atoms with Crippen molar-refractivity contribution in [1.82, 2.24) is 5.32 Å². The van der Waals surface area contributed by atoms with Gasteiger partial charge in [0.1, 0.15) is 6.61 Å². The first-order valence-corrected chi connectivity index (χ1v) is 9.53. The van der Waals surface area contributed by atoms with Gasteiger partial charge in [0, 0.05) is 45.6 Å². The molecule has 0 rings (SSSR count). The second-order valence-corrected chi connectivity index (χ2v) is 7.01. The van der Waals surface area contributed by atoms with Gasteiger partial charge in [0.05, 0.1) is 0 Å². The fourth-order valence-electron chi connectivity index (χ4n) is 1.82. The van der Waals surface area contributed by atoms with Crippen molar-refractivity contribution in [3.63, 3.8) is 0 Å². The van der Waals surface area contributed by atoms with Gasteiger partial charge in [0.25, 0.3) is 0 Å². The molecule has 0 saturated heterocycles. The average molecular weight is 322 g/mol. The predicted octanol–water partition coefficient (Wildman–Crippen LogP) is 0.516. The summed E-state index contributed by atoms with van der Waals surface area (Å²) >= 11 is 0. The molecule has 0 saturated carbocycles. The molecule has 0 radical (unpaired) electrons. The molecule has 0 aliphatic carbocycles. The highest BCUT2D eigenvalue weighted by Crippen LogP contribution is 2.18. The summed E-state index contributed by atoms with van der Waals surface area (Å²) in [5, 5.41) is 2.65. The molecular formula is C13H30N2O5Si. The summed E-state index contributed by atoms with van der Waals surface area (Å²) in [5.74, 6) is -0.150. The molecule has 0 spiro atoms. The molecule has 3 N–H and O–H groups in total. The molecular weight excluding hydrogens is 292 g/mol. The molecule has 0 fully saturated rings. The summed E-state index contributed by atoms with van der Waals surface area (Å²) in [6.45, 7) is 8.89. The third-order valence-corrected chi connectivity index (χ3v) is 5.72. The summed E-state index contributed by atoms with van der Waals surface area (Å²) in [5.41, 5.74) is 5.29. The molecule has 0 aromatic carbocycles.